The van der Waals surface area contributed by atoms with Crippen LogP contribution in [0.1, 0.15) is 10.4 Å². The van der Waals surface area contributed by atoms with Crippen LogP contribution in [-0.4, -0.2) is 25.7 Å². The Morgan fingerprint density at radius 1 is 1.15 bits per heavy atom. The van der Waals surface area contributed by atoms with Crippen molar-refractivity contribution in [1.82, 2.24) is 19.7 Å². The van der Waals surface area contributed by atoms with Gasteiger partial charge in [-0.25, -0.2) is 9.67 Å². The first kappa shape index (κ1) is 16.6. The fraction of sp³-hybridized carbons (Fsp3) is 0. The first-order valence-corrected chi connectivity index (χ1v) is 9.34. The number of benzene rings is 1. The smallest absolute Gasteiger partial charge is 0.260 e. The van der Waals surface area contributed by atoms with Gasteiger partial charge >= 0.3 is 0 Å². The Kier molecular flexibility index (Phi) is 4.59. The minimum absolute atomic E-state index is 0.250. The van der Waals surface area contributed by atoms with Crippen molar-refractivity contribution in [1.29, 1.82) is 0 Å². The average Bonchev–Trinajstić information content (AvgIpc) is 3.33. The van der Waals surface area contributed by atoms with Crippen LogP contribution in [0.5, 0.6) is 0 Å². The maximum absolute atomic E-state index is 12.4. The number of nitrogens with one attached hydrogen (secondary N) is 1. The number of carbonyl (C=O) groups is 1. The largest absolute Gasteiger partial charge is 0.298 e. The van der Waals surface area contributed by atoms with Crippen LogP contribution in [0.15, 0.2) is 71.0 Å². The van der Waals surface area contributed by atoms with Gasteiger partial charge < -0.3 is 0 Å². The van der Waals surface area contributed by atoms with Crippen molar-refractivity contribution in [3.05, 3.63) is 76.6 Å². The summed E-state index contributed by atoms with van der Waals surface area (Å²) in [6, 6.07) is 11.5. The Bertz CT molecular complexity index is 1040. The van der Waals surface area contributed by atoms with Crippen LogP contribution in [0.4, 0.5) is 5.13 Å². The number of hydrogen-bond acceptors (Lipinski definition) is 5. The maximum Gasteiger partial charge on any atom is 0.260 e. The molecule has 0 aliphatic heterocycles. The quantitative estimate of drug-likeness (QED) is 0.525. The lowest BCUT2D eigenvalue weighted by Crippen LogP contribution is -2.10. The van der Waals surface area contributed by atoms with Crippen LogP contribution in [0, 0.1) is 0 Å². The summed E-state index contributed by atoms with van der Waals surface area (Å²) in [5, 5.41) is 9.48. The fourth-order valence-electron chi connectivity index (χ4n) is 2.32. The highest BCUT2D eigenvalue weighted by Crippen LogP contribution is 2.24. The monoisotopic (exact) mass is 425 g/mol. The Morgan fingerprint density at radius 3 is 2.77 bits per heavy atom. The molecule has 3 heterocycles. The standard InChI is InChI=1S/C18H12BrN5OS/c19-14-3-5-15(6-4-14)24-10-13(9-21-24)17(25)23-18-22-16(11-26-18)12-2-1-7-20-8-12/h1-11H,(H,22,23,25). The van der Waals surface area contributed by atoms with E-state index in [9.17, 15) is 4.79 Å². The fourth-order valence-corrected chi connectivity index (χ4v) is 3.30. The number of thiazole rings is 1. The molecular weight excluding hydrogens is 414 g/mol. The number of anilines is 1. The third kappa shape index (κ3) is 3.56. The summed E-state index contributed by atoms with van der Waals surface area (Å²) < 4.78 is 2.64. The first-order chi connectivity index (χ1) is 12.7. The molecule has 4 aromatic rings. The molecule has 128 valence electrons. The second-order valence-corrected chi connectivity index (χ2v) is 7.16. The lowest BCUT2D eigenvalue weighted by molar-refractivity contribution is 0.102. The molecule has 1 aromatic carbocycles. The molecule has 0 bridgehead atoms. The van der Waals surface area contributed by atoms with Crippen molar-refractivity contribution >= 4 is 38.3 Å². The summed E-state index contributed by atoms with van der Waals surface area (Å²) in [7, 11) is 0. The molecule has 0 aliphatic carbocycles. The molecule has 8 heteroatoms. The molecule has 3 aromatic heterocycles. The molecular formula is C18H12BrN5OS. The van der Waals surface area contributed by atoms with E-state index in [1.54, 1.807) is 23.3 Å². The second-order valence-electron chi connectivity index (χ2n) is 5.38. The second kappa shape index (κ2) is 7.19. The van der Waals surface area contributed by atoms with Gasteiger partial charge in [-0.2, -0.15) is 5.10 Å². The van der Waals surface area contributed by atoms with Crippen molar-refractivity contribution in [3.8, 4) is 16.9 Å². The van der Waals surface area contributed by atoms with Gasteiger partial charge in [-0.15, -0.1) is 11.3 Å². The molecule has 6 nitrogen and oxygen atoms in total. The molecule has 0 aliphatic rings. The number of hydrogen-bond donors (Lipinski definition) is 1. The molecule has 0 spiro atoms. The third-order valence-corrected chi connectivity index (χ3v) is 4.90. The average molecular weight is 426 g/mol. The van der Waals surface area contributed by atoms with Crippen LogP contribution >= 0.6 is 27.3 Å². The first-order valence-electron chi connectivity index (χ1n) is 7.67. The van der Waals surface area contributed by atoms with E-state index in [4.69, 9.17) is 0 Å². The summed E-state index contributed by atoms with van der Waals surface area (Å²) in [5.74, 6) is -0.250. The minimum atomic E-state index is -0.250. The lowest BCUT2D eigenvalue weighted by atomic mass is 10.2. The van der Waals surface area contributed by atoms with Gasteiger partial charge in [0.25, 0.3) is 5.91 Å². The van der Waals surface area contributed by atoms with Gasteiger partial charge in [0, 0.05) is 34.0 Å². The van der Waals surface area contributed by atoms with Crippen molar-refractivity contribution < 1.29 is 4.79 Å². The van der Waals surface area contributed by atoms with E-state index in [2.05, 4.69) is 36.3 Å². The summed E-state index contributed by atoms with van der Waals surface area (Å²) in [4.78, 5) is 21.0. The van der Waals surface area contributed by atoms with Crippen LogP contribution < -0.4 is 5.32 Å². The molecule has 4 rings (SSSR count). The summed E-state index contributed by atoms with van der Waals surface area (Å²) in [6.07, 6.45) is 6.67. The van der Waals surface area contributed by atoms with Crippen LogP contribution in [0.3, 0.4) is 0 Å². The van der Waals surface area contributed by atoms with Crippen molar-refractivity contribution in [2.45, 2.75) is 0 Å². The zero-order valence-corrected chi connectivity index (χ0v) is 15.7. The number of carbonyl (C=O) groups excluding carboxylic acids is 1. The molecule has 1 amide bonds. The highest BCUT2D eigenvalue weighted by atomic mass is 79.9. The van der Waals surface area contributed by atoms with Gasteiger partial charge in [-0.05, 0) is 36.4 Å². The van der Waals surface area contributed by atoms with Crippen LogP contribution in [-0.2, 0) is 0 Å². The molecule has 0 radical (unpaired) electrons. The van der Waals surface area contributed by atoms with Gasteiger partial charge in [0.2, 0.25) is 0 Å². The minimum Gasteiger partial charge on any atom is -0.298 e. The van der Waals surface area contributed by atoms with E-state index >= 15 is 0 Å². The highest BCUT2D eigenvalue weighted by molar-refractivity contribution is 9.10. The van der Waals surface area contributed by atoms with Gasteiger partial charge in [0.1, 0.15) is 0 Å². The maximum atomic E-state index is 12.4. The van der Waals surface area contributed by atoms with E-state index in [-0.39, 0.29) is 5.91 Å². The van der Waals surface area contributed by atoms with Gasteiger partial charge in [0.15, 0.2) is 5.13 Å². The van der Waals surface area contributed by atoms with E-state index in [1.807, 2.05) is 41.8 Å². The Balaban J connectivity index is 1.49. The SMILES string of the molecule is O=C(Nc1nc(-c2cccnc2)cs1)c1cnn(-c2ccc(Br)cc2)c1. The lowest BCUT2D eigenvalue weighted by Gasteiger charge is -2.01. The summed E-state index contributed by atoms with van der Waals surface area (Å²) in [5.41, 5.74) is 3.03. The number of nitrogens with zero attached hydrogens (tertiary/aromatic N) is 4. The predicted molar refractivity (Wildman–Crippen MR) is 105 cm³/mol. The van der Waals surface area contributed by atoms with Crippen molar-refractivity contribution in [3.63, 3.8) is 0 Å². The Labute approximate surface area is 161 Å². The molecule has 0 fully saturated rings. The summed E-state index contributed by atoms with van der Waals surface area (Å²) >= 11 is 4.77. The van der Waals surface area contributed by atoms with Crippen LogP contribution in [0.25, 0.3) is 16.9 Å². The molecule has 0 unspecified atom stereocenters. The normalized spacial score (nSPS) is 10.7. The number of aromatic nitrogens is 4. The number of halogens is 1. The Morgan fingerprint density at radius 2 is 2.00 bits per heavy atom. The molecule has 0 atom stereocenters. The van der Waals surface area contributed by atoms with E-state index in [1.165, 1.54) is 17.5 Å². The van der Waals surface area contributed by atoms with E-state index < -0.39 is 0 Å². The zero-order valence-electron chi connectivity index (χ0n) is 13.3. The van der Waals surface area contributed by atoms with Gasteiger partial charge in [-0.3, -0.25) is 15.1 Å². The molecule has 0 saturated carbocycles. The van der Waals surface area contributed by atoms with Crippen LogP contribution in [0.2, 0.25) is 0 Å². The third-order valence-electron chi connectivity index (χ3n) is 3.62. The van der Waals surface area contributed by atoms with Crippen molar-refractivity contribution in [2.24, 2.45) is 0 Å². The number of pyridine rings is 1. The molecule has 26 heavy (non-hydrogen) atoms. The van der Waals surface area contributed by atoms with E-state index in [0.717, 1.165) is 21.4 Å². The topological polar surface area (TPSA) is 72.7 Å². The van der Waals surface area contributed by atoms with Gasteiger partial charge in [0.05, 0.1) is 23.1 Å². The summed E-state index contributed by atoms with van der Waals surface area (Å²) in [6.45, 7) is 0. The molecule has 1 N–H and O–H groups in total. The molecule has 0 saturated heterocycles. The van der Waals surface area contributed by atoms with Crippen molar-refractivity contribution in [2.75, 3.05) is 5.32 Å². The van der Waals surface area contributed by atoms with E-state index in [0.29, 0.717) is 10.7 Å². The number of amides is 1. The Hall–Kier alpha value is -2.84. The predicted octanol–water partition coefficient (Wildman–Crippen LogP) is 4.41. The zero-order chi connectivity index (χ0) is 17.9. The highest BCUT2D eigenvalue weighted by Gasteiger charge is 2.12. The van der Waals surface area contributed by atoms with Gasteiger partial charge in [-0.1, -0.05) is 15.9 Å². The number of rotatable bonds is 4.